The van der Waals surface area contributed by atoms with E-state index < -0.39 is 6.04 Å². The Bertz CT molecular complexity index is 874. The van der Waals surface area contributed by atoms with Crippen LogP contribution in [-0.2, 0) is 17.6 Å². The molecule has 29 heavy (non-hydrogen) atoms. The highest BCUT2D eigenvalue weighted by Crippen LogP contribution is 2.34. The van der Waals surface area contributed by atoms with Crippen molar-refractivity contribution >= 4 is 45.9 Å². The highest BCUT2D eigenvalue weighted by Gasteiger charge is 2.18. The molecule has 3 rings (SSSR count). The van der Waals surface area contributed by atoms with Crippen molar-refractivity contribution in [3.63, 3.8) is 0 Å². The molecule has 1 atom stereocenters. The fourth-order valence-electron chi connectivity index (χ4n) is 3.60. The van der Waals surface area contributed by atoms with E-state index in [1.54, 1.807) is 11.8 Å². The molecular weight excluding hydrogens is 404 g/mol. The van der Waals surface area contributed by atoms with E-state index in [9.17, 15) is 4.79 Å². The molecule has 1 aliphatic carbocycles. The van der Waals surface area contributed by atoms with Gasteiger partial charge in [-0.25, -0.2) is 0 Å². The lowest BCUT2D eigenvalue weighted by atomic mass is 9.92. The summed E-state index contributed by atoms with van der Waals surface area (Å²) in [7, 11) is 0. The molecule has 0 saturated carbocycles. The Balaban J connectivity index is 1.57. The van der Waals surface area contributed by atoms with E-state index in [0.717, 1.165) is 42.5 Å². The number of fused-ring (bicyclic) bond motifs is 2. The molecule has 0 aliphatic heterocycles. The number of aryl methyl sites for hydroxylation is 1. The van der Waals surface area contributed by atoms with Crippen molar-refractivity contribution in [2.24, 2.45) is 5.73 Å². The van der Waals surface area contributed by atoms with Crippen LogP contribution in [0.2, 0.25) is 5.02 Å². The van der Waals surface area contributed by atoms with E-state index in [-0.39, 0.29) is 5.91 Å². The maximum absolute atomic E-state index is 12.1. The van der Waals surface area contributed by atoms with Gasteiger partial charge < -0.3 is 16.4 Å². The second kappa shape index (κ2) is 10.9. The van der Waals surface area contributed by atoms with E-state index in [4.69, 9.17) is 22.3 Å². The third-order valence-electron chi connectivity index (χ3n) is 5.05. The van der Waals surface area contributed by atoms with Gasteiger partial charge in [0.1, 0.15) is 0 Å². The number of hydrogen-bond donors (Lipinski definition) is 3. The molecule has 2 aromatic rings. The fourth-order valence-corrected chi connectivity index (χ4v) is 4.47. The van der Waals surface area contributed by atoms with Gasteiger partial charge >= 0.3 is 0 Å². The molecule has 0 unspecified atom stereocenters. The summed E-state index contributed by atoms with van der Waals surface area (Å²) in [5.74, 6) is 1.32. The quantitative estimate of drug-likeness (QED) is 0.391. The Kier molecular flexibility index (Phi) is 8.21. The first kappa shape index (κ1) is 21.9. The molecule has 0 spiro atoms. The van der Waals surface area contributed by atoms with Gasteiger partial charge in [0.15, 0.2) is 0 Å². The molecule has 5 nitrogen and oxygen atoms in total. The lowest BCUT2D eigenvalue weighted by Crippen LogP contribution is -2.42. The van der Waals surface area contributed by atoms with E-state index in [1.165, 1.54) is 29.8 Å². The first-order valence-electron chi connectivity index (χ1n) is 10.2. The molecule has 0 bridgehead atoms. The smallest absolute Gasteiger partial charge is 0.237 e. The van der Waals surface area contributed by atoms with Crippen molar-refractivity contribution in [1.29, 1.82) is 0 Å². The zero-order chi connectivity index (χ0) is 20.6. The lowest BCUT2D eigenvalue weighted by Gasteiger charge is -2.22. The van der Waals surface area contributed by atoms with Crippen molar-refractivity contribution in [2.45, 2.75) is 38.1 Å². The van der Waals surface area contributed by atoms with Gasteiger partial charge in [0, 0.05) is 46.4 Å². The van der Waals surface area contributed by atoms with Crippen LogP contribution in [-0.4, -0.2) is 41.5 Å². The van der Waals surface area contributed by atoms with E-state index in [2.05, 4.69) is 17.2 Å². The number of carbonyl (C=O) groups excluding carboxylic acids is 1. The number of anilines is 1. The number of amides is 1. The van der Waals surface area contributed by atoms with Crippen LogP contribution in [0.25, 0.3) is 10.9 Å². The lowest BCUT2D eigenvalue weighted by molar-refractivity contribution is -0.121. The van der Waals surface area contributed by atoms with E-state index in [1.807, 2.05) is 24.3 Å². The Morgan fingerprint density at radius 2 is 2.17 bits per heavy atom. The van der Waals surface area contributed by atoms with E-state index >= 15 is 0 Å². The SMILES string of the molecule is C=CCSC[C@@H](N)C(=O)NCCCNc1c2c(nc3cc(Cl)ccc13)CCCC2. The number of benzene rings is 1. The van der Waals surface area contributed by atoms with Crippen LogP contribution in [0.1, 0.15) is 30.5 Å². The third-order valence-corrected chi connectivity index (χ3v) is 6.35. The van der Waals surface area contributed by atoms with Crippen molar-refractivity contribution < 1.29 is 4.79 Å². The molecule has 1 aromatic heterocycles. The van der Waals surface area contributed by atoms with Gasteiger partial charge in [0.2, 0.25) is 5.91 Å². The summed E-state index contributed by atoms with van der Waals surface area (Å²) in [4.78, 5) is 16.9. The highest BCUT2D eigenvalue weighted by molar-refractivity contribution is 7.99. The molecule has 0 radical (unpaired) electrons. The standard InChI is InChI=1S/C22H29ClN4OS/c1-2-12-29-14-18(24)22(28)26-11-5-10-25-21-16-6-3-4-7-19(16)27-20-13-15(23)8-9-17(20)21/h2,8-9,13,18H,1,3-7,10-12,14,24H2,(H,25,27)(H,26,28)/t18-/m1/s1. The Morgan fingerprint density at radius 3 is 3.00 bits per heavy atom. The number of nitrogens with two attached hydrogens (primary N) is 1. The van der Waals surface area contributed by atoms with Crippen LogP contribution in [0.3, 0.4) is 0 Å². The van der Waals surface area contributed by atoms with Crippen LogP contribution in [0.5, 0.6) is 0 Å². The molecular formula is C22H29ClN4OS. The zero-order valence-corrected chi connectivity index (χ0v) is 18.2. The van der Waals surface area contributed by atoms with Crippen LogP contribution < -0.4 is 16.4 Å². The summed E-state index contributed by atoms with van der Waals surface area (Å²) < 4.78 is 0. The highest BCUT2D eigenvalue weighted by atomic mass is 35.5. The van der Waals surface area contributed by atoms with Gasteiger partial charge in [-0.05, 0) is 55.9 Å². The van der Waals surface area contributed by atoms with Crippen molar-refractivity contribution in [2.75, 3.05) is 29.9 Å². The van der Waals surface area contributed by atoms with Crippen molar-refractivity contribution in [3.8, 4) is 0 Å². The average Bonchev–Trinajstić information content (AvgIpc) is 2.72. The zero-order valence-electron chi connectivity index (χ0n) is 16.7. The Hall–Kier alpha value is -1.76. The number of nitrogens with one attached hydrogen (secondary N) is 2. The molecule has 1 heterocycles. The predicted molar refractivity (Wildman–Crippen MR) is 125 cm³/mol. The predicted octanol–water partition coefficient (Wildman–Crippen LogP) is 3.93. The Labute approximate surface area is 181 Å². The number of thioether (sulfide) groups is 1. The first-order chi connectivity index (χ1) is 14.1. The van der Waals surface area contributed by atoms with Gasteiger partial charge in [-0.3, -0.25) is 9.78 Å². The fraction of sp³-hybridized carbons (Fsp3) is 0.455. The number of rotatable bonds is 10. The summed E-state index contributed by atoms with van der Waals surface area (Å²) in [6.45, 7) is 5.04. The summed E-state index contributed by atoms with van der Waals surface area (Å²) >= 11 is 7.79. The van der Waals surface area contributed by atoms with Crippen LogP contribution >= 0.6 is 23.4 Å². The third kappa shape index (κ3) is 5.87. The van der Waals surface area contributed by atoms with Gasteiger partial charge in [-0.1, -0.05) is 17.7 Å². The van der Waals surface area contributed by atoms with Gasteiger partial charge in [0.25, 0.3) is 0 Å². The molecule has 1 aliphatic rings. The monoisotopic (exact) mass is 432 g/mol. The Morgan fingerprint density at radius 1 is 1.34 bits per heavy atom. The minimum absolute atomic E-state index is 0.0945. The largest absolute Gasteiger partial charge is 0.384 e. The van der Waals surface area contributed by atoms with E-state index in [0.29, 0.717) is 17.3 Å². The molecule has 7 heteroatoms. The molecule has 0 fully saturated rings. The maximum Gasteiger partial charge on any atom is 0.237 e. The summed E-state index contributed by atoms with van der Waals surface area (Å²) in [5, 5.41) is 8.35. The number of aromatic nitrogens is 1. The van der Waals surface area contributed by atoms with Gasteiger partial charge in [-0.15, -0.1) is 6.58 Å². The van der Waals surface area contributed by atoms with Crippen LogP contribution in [0.15, 0.2) is 30.9 Å². The summed E-state index contributed by atoms with van der Waals surface area (Å²) in [6.07, 6.45) is 7.09. The maximum atomic E-state index is 12.1. The molecule has 0 saturated heterocycles. The minimum atomic E-state index is -0.478. The minimum Gasteiger partial charge on any atom is -0.384 e. The van der Waals surface area contributed by atoms with Crippen LogP contribution in [0.4, 0.5) is 5.69 Å². The number of pyridine rings is 1. The summed E-state index contributed by atoms with van der Waals surface area (Å²) in [6, 6.07) is 5.42. The first-order valence-corrected chi connectivity index (χ1v) is 11.7. The summed E-state index contributed by atoms with van der Waals surface area (Å²) in [5.41, 5.74) is 10.5. The normalized spacial score (nSPS) is 14.3. The second-order valence-corrected chi connectivity index (χ2v) is 8.80. The van der Waals surface area contributed by atoms with Gasteiger partial charge in [0.05, 0.1) is 11.6 Å². The number of halogens is 1. The van der Waals surface area contributed by atoms with Crippen LogP contribution in [0, 0.1) is 0 Å². The molecule has 4 N–H and O–H groups in total. The van der Waals surface area contributed by atoms with Crippen molar-refractivity contribution in [3.05, 3.63) is 47.1 Å². The number of carbonyl (C=O) groups is 1. The van der Waals surface area contributed by atoms with Gasteiger partial charge in [-0.2, -0.15) is 11.8 Å². The second-order valence-electron chi connectivity index (χ2n) is 7.28. The molecule has 1 aromatic carbocycles. The van der Waals surface area contributed by atoms with Crippen molar-refractivity contribution in [1.82, 2.24) is 10.3 Å². The molecule has 156 valence electrons. The molecule has 1 amide bonds. The number of hydrogen-bond acceptors (Lipinski definition) is 5. The number of nitrogens with zero attached hydrogens (tertiary/aromatic N) is 1. The topological polar surface area (TPSA) is 80.0 Å². The average molecular weight is 433 g/mol.